The van der Waals surface area contributed by atoms with Gasteiger partial charge in [-0.05, 0) is 17.8 Å². The van der Waals surface area contributed by atoms with Crippen molar-refractivity contribution in [3.8, 4) is 0 Å². The summed E-state index contributed by atoms with van der Waals surface area (Å²) in [6.07, 6.45) is -0.822. The third-order valence-electron chi connectivity index (χ3n) is 3.59. The number of carbonyl (C=O) groups excluding carboxylic acids is 1. The van der Waals surface area contributed by atoms with E-state index >= 15 is 0 Å². The molecule has 2 heterocycles. The molecule has 86 valence electrons. The van der Waals surface area contributed by atoms with Crippen LogP contribution in [0.4, 0.5) is 0 Å². The summed E-state index contributed by atoms with van der Waals surface area (Å²) < 4.78 is 0. The molecule has 0 aromatic heterocycles. The molecule has 2 rings (SSSR count). The molecular weight excluding hydrogens is 192 g/mol. The predicted molar refractivity (Wildman–Crippen MR) is 57.3 cm³/mol. The van der Waals surface area contributed by atoms with E-state index in [1.54, 1.807) is 0 Å². The minimum absolute atomic E-state index is 0.0102. The molecule has 2 N–H and O–H groups in total. The van der Waals surface area contributed by atoms with Gasteiger partial charge in [-0.15, -0.1) is 0 Å². The molecule has 2 fully saturated rings. The molecule has 0 saturated carbocycles. The van der Waals surface area contributed by atoms with Crippen molar-refractivity contribution in [2.24, 2.45) is 17.8 Å². The van der Waals surface area contributed by atoms with Gasteiger partial charge >= 0.3 is 0 Å². The average molecular weight is 212 g/mol. The van der Waals surface area contributed by atoms with E-state index in [4.69, 9.17) is 0 Å². The van der Waals surface area contributed by atoms with E-state index in [-0.39, 0.29) is 11.8 Å². The van der Waals surface area contributed by atoms with Crippen LogP contribution in [0.25, 0.3) is 0 Å². The third-order valence-corrected chi connectivity index (χ3v) is 3.59. The highest BCUT2D eigenvalue weighted by atomic mass is 16.3. The Morgan fingerprint density at radius 3 is 2.33 bits per heavy atom. The highest BCUT2D eigenvalue weighted by Crippen LogP contribution is 2.27. The van der Waals surface area contributed by atoms with Crippen LogP contribution in [-0.4, -0.2) is 48.2 Å². The fourth-order valence-electron chi connectivity index (χ4n) is 2.51. The first-order valence-electron chi connectivity index (χ1n) is 5.77. The number of hydrogen-bond donors (Lipinski definition) is 2. The van der Waals surface area contributed by atoms with Crippen molar-refractivity contribution in [3.63, 3.8) is 0 Å². The van der Waals surface area contributed by atoms with Crippen molar-refractivity contribution in [2.75, 3.05) is 26.2 Å². The number of fused-ring (bicyclic) bond motifs is 1. The zero-order chi connectivity index (χ0) is 11.0. The van der Waals surface area contributed by atoms with E-state index in [0.717, 1.165) is 26.2 Å². The van der Waals surface area contributed by atoms with E-state index in [9.17, 15) is 9.90 Å². The van der Waals surface area contributed by atoms with Gasteiger partial charge in [0.25, 0.3) is 5.91 Å². The monoisotopic (exact) mass is 212 g/mol. The second kappa shape index (κ2) is 4.10. The van der Waals surface area contributed by atoms with Gasteiger partial charge < -0.3 is 15.3 Å². The standard InChI is InChI=1S/C11H20N2O2/c1-7(2)10(14)11(15)13-5-8-3-12-4-9(8)6-13/h7-10,12,14H,3-6H2,1-2H3/t8-,9+,10?. The van der Waals surface area contributed by atoms with E-state index in [1.165, 1.54) is 0 Å². The van der Waals surface area contributed by atoms with Crippen LogP contribution in [0.2, 0.25) is 0 Å². The number of hydrogen-bond acceptors (Lipinski definition) is 3. The lowest BCUT2D eigenvalue weighted by Gasteiger charge is -2.22. The second-order valence-electron chi connectivity index (χ2n) is 5.11. The number of aliphatic hydroxyl groups excluding tert-OH is 1. The number of amides is 1. The van der Waals surface area contributed by atoms with Crippen LogP contribution >= 0.6 is 0 Å². The minimum Gasteiger partial charge on any atom is -0.383 e. The Morgan fingerprint density at radius 2 is 1.87 bits per heavy atom. The van der Waals surface area contributed by atoms with E-state index in [1.807, 2.05) is 18.7 Å². The summed E-state index contributed by atoms with van der Waals surface area (Å²) in [5.41, 5.74) is 0. The summed E-state index contributed by atoms with van der Waals surface area (Å²) in [6, 6.07) is 0. The van der Waals surface area contributed by atoms with Crippen molar-refractivity contribution >= 4 is 5.91 Å². The maximum atomic E-state index is 11.9. The van der Waals surface area contributed by atoms with Crippen LogP contribution in [-0.2, 0) is 4.79 Å². The van der Waals surface area contributed by atoms with Crippen molar-refractivity contribution < 1.29 is 9.90 Å². The molecule has 3 atom stereocenters. The zero-order valence-corrected chi connectivity index (χ0v) is 9.44. The molecular formula is C11H20N2O2. The molecule has 0 radical (unpaired) electrons. The van der Waals surface area contributed by atoms with Crippen LogP contribution in [0.1, 0.15) is 13.8 Å². The van der Waals surface area contributed by atoms with Gasteiger partial charge in [0.15, 0.2) is 0 Å². The fraction of sp³-hybridized carbons (Fsp3) is 0.909. The van der Waals surface area contributed by atoms with Gasteiger partial charge in [-0.25, -0.2) is 0 Å². The van der Waals surface area contributed by atoms with Crippen molar-refractivity contribution in [3.05, 3.63) is 0 Å². The lowest BCUT2D eigenvalue weighted by Crippen LogP contribution is -2.41. The van der Waals surface area contributed by atoms with E-state index in [2.05, 4.69) is 5.32 Å². The highest BCUT2D eigenvalue weighted by Gasteiger charge is 2.39. The van der Waals surface area contributed by atoms with E-state index in [0.29, 0.717) is 11.8 Å². The maximum Gasteiger partial charge on any atom is 0.251 e. The minimum atomic E-state index is -0.822. The molecule has 0 bridgehead atoms. The molecule has 0 spiro atoms. The average Bonchev–Trinajstić information content (AvgIpc) is 2.74. The zero-order valence-electron chi connectivity index (χ0n) is 9.44. The number of carbonyl (C=O) groups is 1. The molecule has 2 aliphatic rings. The number of likely N-dealkylation sites (tertiary alicyclic amines) is 1. The Balaban J connectivity index is 1.93. The Hall–Kier alpha value is -0.610. The molecule has 2 saturated heterocycles. The summed E-state index contributed by atoms with van der Waals surface area (Å²) in [7, 11) is 0. The highest BCUT2D eigenvalue weighted by molar-refractivity contribution is 5.81. The summed E-state index contributed by atoms with van der Waals surface area (Å²) in [5, 5.41) is 13.0. The fourth-order valence-corrected chi connectivity index (χ4v) is 2.51. The van der Waals surface area contributed by atoms with Gasteiger partial charge in [0.1, 0.15) is 6.10 Å². The van der Waals surface area contributed by atoms with Crippen LogP contribution in [0, 0.1) is 17.8 Å². The molecule has 4 heteroatoms. The number of rotatable bonds is 2. The van der Waals surface area contributed by atoms with Gasteiger partial charge in [0.05, 0.1) is 0 Å². The predicted octanol–water partition coefficient (Wildman–Crippen LogP) is -0.319. The summed E-state index contributed by atoms with van der Waals surface area (Å²) in [5.74, 6) is 1.14. The Kier molecular flexibility index (Phi) is 2.98. The molecule has 2 aliphatic heterocycles. The van der Waals surface area contributed by atoms with Gasteiger partial charge in [0, 0.05) is 26.2 Å². The Morgan fingerprint density at radius 1 is 1.33 bits per heavy atom. The summed E-state index contributed by atoms with van der Waals surface area (Å²) in [6.45, 7) is 7.43. The molecule has 0 aliphatic carbocycles. The largest absolute Gasteiger partial charge is 0.383 e. The van der Waals surface area contributed by atoms with Crippen molar-refractivity contribution in [1.82, 2.24) is 10.2 Å². The first-order chi connectivity index (χ1) is 7.09. The van der Waals surface area contributed by atoms with Crippen LogP contribution in [0.5, 0.6) is 0 Å². The van der Waals surface area contributed by atoms with Crippen molar-refractivity contribution in [1.29, 1.82) is 0 Å². The van der Waals surface area contributed by atoms with Crippen LogP contribution < -0.4 is 5.32 Å². The molecule has 1 unspecified atom stereocenters. The molecule has 15 heavy (non-hydrogen) atoms. The normalized spacial score (nSPS) is 32.1. The lowest BCUT2D eigenvalue weighted by atomic mass is 10.0. The number of nitrogens with one attached hydrogen (secondary N) is 1. The Labute approximate surface area is 90.6 Å². The SMILES string of the molecule is CC(C)C(O)C(=O)N1C[C@H]2CNC[C@H]2C1. The smallest absolute Gasteiger partial charge is 0.251 e. The summed E-state index contributed by atoms with van der Waals surface area (Å²) >= 11 is 0. The van der Waals surface area contributed by atoms with Gasteiger partial charge in [-0.2, -0.15) is 0 Å². The number of nitrogens with zero attached hydrogens (tertiary/aromatic N) is 1. The van der Waals surface area contributed by atoms with Crippen molar-refractivity contribution in [2.45, 2.75) is 20.0 Å². The van der Waals surface area contributed by atoms with Gasteiger partial charge in [-0.1, -0.05) is 13.8 Å². The maximum absolute atomic E-state index is 11.9. The molecule has 4 nitrogen and oxygen atoms in total. The number of aliphatic hydroxyl groups is 1. The first-order valence-corrected chi connectivity index (χ1v) is 5.77. The Bertz CT molecular complexity index is 243. The topological polar surface area (TPSA) is 52.6 Å². The van der Waals surface area contributed by atoms with Gasteiger partial charge in [0.2, 0.25) is 0 Å². The lowest BCUT2D eigenvalue weighted by molar-refractivity contribution is -0.141. The second-order valence-corrected chi connectivity index (χ2v) is 5.11. The molecule has 0 aromatic rings. The first kappa shape index (κ1) is 10.9. The van der Waals surface area contributed by atoms with Gasteiger partial charge in [-0.3, -0.25) is 4.79 Å². The third kappa shape index (κ3) is 2.01. The van der Waals surface area contributed by atoms with Crippen LogP contribution in [0.3, 0.4) is 0 Å². The van der Waals surface area contributed by atoms with E-state index < -0.39 is 6.10 Å². The van der Waals surface area contributed by atoms with Crippen LogP contribution in [0.15, 0.2) is 0 Å². The summed E-state index contributed by atoms with van der Waals surface area (Å²) in [4.78, 5) is 13.7. The molecule has 0 aromatic carbocycles. The molecule has 1 amide bonds. The quantitative estimate of drug-likeness (QED) is 0.659.